The van der Waals surface area contributed by atoms with Gasteiger partial charge >= 0.3 is 0 Å². The Kier molecular flexibility index (Phi) is 2.98. The Morgan fingerprint density at radius 3 is 2.80 bits per heavy atom. The molecule has 0 spiro atoms. The van der Waals surface area contributed by atoms with Gasteiger partial charge in [0.1, 0.15) is 0 Å². The summed E-state index contributed by atoms with van der Waals surface area (Å²) in [6, 6.07) is 10.2. The lowest BCUT2D eigenvalue weighted by Crippen LogP contribution is -1.91. The molecule has 15 heavy (non-hydrogen) atoms. The van der Waals surface area contributed by atoms with Gasteiger partial charge in [-0.05, 0) is 6.42 Å². The number of aromatic nitrogens is 2. The molecular weight excluding hydrogens is 184 g/mol. The van der Waals surface area contributed by atoms with Gasteiger partial charge in [-0.25, -0.2) is 4.98 Å². The quantitative estimate of drug-likeness (QED) is 0.690. The predicted octanol–water partition coefficient (Wildman–Crippen LogP) is 3.13. The van der Waals surface area contributed by atoms with Crippen molar-refractivity contribution in [2.24, 2.45) is 0 Å². The van der Waals surface area contributed by atoms with Crippen molar-refractivity contribution in [1.82, 2.24) is 9.55 Å². The lowest BCUT2D eigenvalue weighted by Gasteiger charge is -1.97. The number of rotatable bonds is 4. The number of aryl methyl sites for hydroxylation is 1. The van der Waals surface area contributed by atoms with Gasteiger partial charge in [0.15, 0.2) is 0 Å². The summed E-state index contributed by atoms with van der Waals surface area (Å²) in [5, 5.41) is 0. The number of nitrogens with zero attached hydrogens (tertiary/aromatic N) is 2. The molecule has 0 aliphatic heterocycles. The molecule has 0 bridgehead atoms. The Morgan fingerprint density at radius 1 is 1.27 bits per heavy atom. The fraction of sp³-hybridized carbons (Fsp3) is 0.154. The van der Waals surface area contributed by atoms with Gasteiger partial charge in [-0.2, -0.15) is 0 Å². The number of allylic oxidation sites excluding steroid dienone is 1. The Bertz CT molecular complexity index is 429. The van der Waals surface area contributed by atoms with Gasteiger partial charge in [0.2, 0.25) is 0 Å². The van der Waals surface area contributed by atoms with Crippen LogP contribution in [0.4, 0.5) is 0 Å². The molecular formula is C13H14N2. The molecule has 0 saturated heterocycles. The molecule has 0 radical (unpaired) electrons. The van der Waals surface area contributed by atoms with Gasteiger partial charge in [-0.15, -0.1) is 6.58 Å². The predicted molar refractivity (Wildman–Crippen MR) is 62.5 cm³/mol. The lowest BCUT2D eigenvalue weighted by atomic mass is 10.2. The molecule has 2 nitrogen and oxygen atoms in total. The van der Waals surface area contributed by atoms with Crippen LogP contribution in [0.2, 0.25) is 0 Å². The maximum atomic E-state index is 4.37. The van der Waals surface area contributed by atoms with Gasteiger partial charge in [0, 0.05) is 18.3 Å². The highest BCUT2D eigenvalue weighted by Gasteiger charge is 1.99. The van der Waals surface area contributed by atoms with E-state index in [0.29, 0.717) is 0 Å². The van der Waals surface area contributed by atoms with Gasteiger partial charge in [0.05, 0.1) is 12.0 Å². The molecule has 0 unspecified atom stereocenters. The minimum absolute atomic E-state index is 0.948. The minimum atomic E-state index is 0.948. The first-order chi connectivity index (χ1) is 7.40. The summed E-state index contributed by atoms with van der Waals surface area (Å²) in [5.74, 6) is 0. The topological polar surface area (TPSA) is 17.8 Å². The van der Waals surface area contributed by atoms with Gasteiger partial charge in [-0.1, -0.05) is 36.4 Å². The number of benzene rings is 1. The normalized spacial score (nSPS) is 10.1. The first-order valence-electron chi connectivity index (χ1n) is 5.08. The molecule has 1 heterocycles. The molecule has 1 aromatic heterocycles. The maximum absolute atomic E-state index is 4.37. The van der Waals surface area contributed by atoms with E-state index in [4.69, 9.17) is 0 Å². The van der Waals surface area contributed by atoms with Crippen molar-refractivity contribution in [3.63, 3.8) is 0 Å². The van der Waals surface area contributed by atoms with Crippen molar-refractivity contribution < 1.29 is 0 Å². The van der Waals surface area contributed by atoms with Crippen LogP contribution in [0.5, 0.6) is 0 Å². The van der Waals surface area contributed by atoms with Crippen LogP contribution in [0.25, 0.3) is 11.3 Å². The fourth-order valence-corrected chi connectivity index (χ4v) is 1.48. The van der Waals surface area contributed by atoms with E-state index in [2.05, 4.69) is 34.5 Å². The fourth-order valence-electron chi connectivity index (χ4n) is 1.48. The van der Waals surface area contributed by atoms with Crippen molar-refractivity contribution in [2.45, 2.75) is 13.0 Å². The van der Waals surface area contributed by atoms with Crippen LogP contribution in [-0.4, -0.2) is 9.55 Å². The summed E-state index contributed by atoms with van der Waals surface area (Å²) in [6.07, 6.45) is 6.83. The van der Waals surface area contributed by atoms with Crippen LogP contribution in [0, 0.1) is 0 Å². The van der Waals surface area contributed by atoms with Crippen LogP contribution in [0.3, 0.4) is 0 Å². The van der Waals surface area contributed by atoms with E-state index in [1.54, 1.807) is 0 Å². The van der Waals surface area contributed by atoms with Gasteiger partial charge in [-0.3, -0.25) is 0 Å². The van der Waals surface area contributed by atoms with Crippen molar-refractivity contribution in [2.75, 3.05) is 0 Å². The van der Waals surface area contributed by atoms with Crippen molar-refractivity contribution >= 4 is 0 Å². The molecule has 0 N–H and O–H groups in total. The molecule has 2 aromatic rings. The SMILES string of the molecule is C=CCCn1cnc(-c2ccccc2)c1. The first kappa shape index (κ1) is 9.71. The average molecular weight is 198 g/mol. The van der Waals surface area contributed by atoms with Crippen LogP contribution >= 0.6 is 0 Å². The van der Waals surface area contributed by atoms with Crippen LogP contribution in [0.15, 0.2) is 55.5 Å². The number of hydrogen-bond acceptors (Lipinski definition) is 1. The molecule has 0 aliphatic carbocycles. The van der Waals surface area contributed by atoms with Gasteiger partial charge < -0.3 is 4.57 Å². The largest absolute Gasteiger partial charge is 0.337 e. The molecule has 2 heteroatoms. The third kappa shape index (κ3) is 2.34. The molecule has 0 atom stereocenters. The Hall–Kier alpha value is -1.83. The van der Waals surface area contributed by atoms with E-state index in [-0.39, 0.29) is 0 Å². The highest BCUT2D eigenvalue weighted by Crippen LogP contribution is 2.15. The minimum Gasteiger partial charge on any atom is -0.337 e. The zero-order chi connectivity index (χ0) is 10.5. The Balaban J connectivity index is 2.17. The van der Waals surface area contributed by atoms with E-state index < -0.39 is 0 Å². The summed E-state index contributed by atoms with van der Waals surface area (Å²) in [6.45, 7) is 4.65. The summed E-state index contributed by atoms with van der Waals surface area (Å²) < 4.78 is 2.09. The first-order valence-corrected chi connectivity index (χ1v) is 5.08. The summed E-state index contributed by atoms with van der Waals surface area (Å²) in [5.41, 5.74) is 2.19. The maximum Gasteiger partial charge on any atom is 0.0953 e. The zero-order valence-electron chi connectivity index (χ0n) is 8.63. The van der Waals surface area contributed by atoms with Crippen LogP contribution in [0.1, 0.15) is 6.42 Å². The summed E-state index contributed by atoms with van der Waals surface area (Å²) >= 11 is 0. The highest BCUT2D eigenvalue weighted by atomic mass is 15.0. The van der Waals surface area contributed by atoms with Crippen LogP contribution in [-0.2, 0) is 6.54 Å². The van der Waals surface area contributed by atoms with Crippen LogP contribution < -0.4 is 0 Å². The van der Waals surface area contributed by atoms with Gasteiger partial charge in [0.25, 0.3) is 0 Å². The van der Waals surface area contributed by atoms with Crippen molar-refractivity contribution in [1.29, 1.82) is 0 Å². The second-order valence-electron chi connectivity index (χ2n) is 3.44. The third-order valence-electron chi connectivity index (χ3n) is 2.29. The summed E-state index contributed by atoms with van der Waals surface area (Å²) in [7, 11) is 0. The third-order valence-corrected chi connectivity index (χ3v) is 2.29. The van der Waals surface area contributed by atoms with E-state index in [9.17, 15) is 0 Å². The smallest absolute Gasteiger partial charge is 0.0953 e. The molecule has 0 aliphatic rings. The molecule has 1 aromatic carbocycles. The number of hydrogen-bond donors (Lipinski definition) is 0. The Morgan fingerprint density at radius 2 is 2.07 bits per heavy atom. The molecule has 0 amide bonds. The second kappa shape index (κ2) is 4.60. The average Bonchev–Trinajstić information content (AvgIpc) is 2.76. The molecule has 76 valence electrons. The standard InChI is InChI=1S/C13H14N2/c1-2-3-9-15-10-13(14-11-15)12-7-5-4-6-8-12/h2,4-8,10-11H,1,3,9H2. The van der Waals surface area contributed by atoms with E-state index in [0.717, 1.165) is 24.2 Å². The van der Waals surface area contributed by atoms with E-state index in [1.165, 1.54) is 0 Å². The summed E-state index contributed by atoms with van der Waals surface area (Å²) in [4.78, 5) is 4.37. The molecule has 0 saturated carbocycles. The number of imidazole rings is 1. The highest BCUT2D eigenvalue weighted by molar-refractivity contribution is 5.57. The lowest BCUT2D eigenvalue weighted by molar-refractivity contribution is 0.710. The van der Waals surface area contributed by atoms with E-state index >= 15 is 0 Å². The van der Waals surface area contributed by atoms with Crippen molar-refractivity contribution in [3.8, 4) is 11.3 Å². The Labute approximate surface area is 89.9 Å². The molecule has 0 fully saturated rings. The zero-order valence-corrected chi connectivity index (χ0v) is 8.63. The monoisotopic (exact) mass is 198 g/mol. The van der Waals surface area contributed by atoms with Crippen molar-refractivity contribution in [3.05, 3.63) is 55.5 Å². The second-order valence-corrected chi connectivity index (χ2v) is 3.44. The van der Waals surface area contributed by atoms with E-state index in [1.807, 2.05) is 30.6 Å². The molecule has 2 rings (SSSR count).